The fourth-order valence-electron chi connectivity index (χ4n) is 4.66. The average Bonchev–Trinajstić information content (AvgIpc) is 2.91. The number of nitrogens with zero attached hydrogens (tertiary/aromatic N) is 3. The predicted molar refractivity (Wildman–Crippen MR) is 130 cm³/mol. The monoisotopic (exact) mass is 461 g/mol. The van der Waals surface area contributed by atoms with Gasteiger partial charge >= 0.3 is 6.09 Å². The first-order valence-electron chi connectivity index (χ1n) is 11.5. The maximum Gasteiger partial charge on any atom is 0.410 e. The van der Waals surface area contributed by atoms with E-state index in [2.05, 4.69) is 25.8 Å². The minimum absolute atomic E-state index is 0.0263. The average molecular weight is 462 g/mol. The summed E-state index contributed by atoms with van der Waals surface area (Å²) < 4.78 is 23.2. The predicted octanol–water partition coefficient (Wildman–Crippen LogP) is 5.32. The molecule has 3 atom stereocenters. The van der Waals surface area contributed by atoms with Gasteiger partial charge < -0.3 is 9.64 Å². The fraction of sp³-hybridized carbons (Fsp3) is 0.720. The quantitative estimate of drug-likeness (QED) is 0.567. The lowest BCUT2D eigenvalue weighted by Crippen LogP contribution is -2.57. The molecule has 178 valence electrons. The van der Waals surface area contributed by atoms with E-state index in [1.165, 1.54) is 0 Å². The zero-order valence-corrected chi connectivity index (χ0v) is 21.9. The van der Waals surface area contributed by atoms with Crippen LogP contribution in [0.15, 0.2) is 22.9 Å². The Morgan fingerprint density at radius 3 is 2.41 bits per heavy atom. The summed E-state index contributed by atoms with van der Waals surface area (Å²) in [5.41, 5.74) is 2.17. The van der Waals surface area contributed by atoms with E-state index in [0.29, 0.717) is 6.54 Å². The largest absolute Gasteiger partial charge is 0.444 e. The number of hydrogen-bond donors (Lipinski definition) is 0. The lowest BCUT2D eigenvalue weighted by atomic mass is 9.67. The number of hydrogen-bond acceptors (Lipinski definition) is 4. The van der Waals surface area contributed by atoms with Crippen molar-refractivity contribution in [3.8, 4) is 0 Å². The minimum atomic E-state index is -1.36. The van der Waals surface area contributed by atoms with Crippen LogP contribution in [0.4, 0.5) is 4.79 Å². The molecule has 1 fully saturated rings. The molecule has 0 radical (unpaired) electrons. The fourth-order valence-corrected chi connectivity index (χ4v) is 5.39. The van der Waals surface area contributed by atoms with Gasteiger partial charge in [-0.05, 0) is 77.8 Å². The molecule has 0 aromatic carbocycles. The Morgan fingerprint density at radius 1 is 1.19 bits per heavy atom. The molecule has 1 aliphatic carbocycles. The second-order valence-corrected chi connectivity index (χ2v) is 14.2. The van der Waals surface area contributed by atoms with E-state index < -0.39 is 21.3 Å². The first-order chi connectivity index (χ1) is 14.5. The molecule has 6 nitrogen and oxygen atoms in total. The maximum absolute atomic E-state index is 13.1. The summed E-state index contributed by atoms with van der Waals surface area (Å²) in [4.78, 5) is 19.3. The van der Waals surface area contributed by atoms with Crippen molar-refractivity contribution >= 4 is 22.8 Å². The van der Waals surface area contributed by atoms with Gasteiger partial charge in [0, 0.05) is 36.0 Å². The van der Waals surface area contributed by atoms with Crippen molar-refractivity contribution in [3.63, 3.8) is 0 Å². The molecule has 2 aliphatic rings. The van der Waals surface area contributed by atoms with Crippen LogP contribution < -0.4 is 0 Å². The molecule has 0 N–H and O–H groups in total. The van der Waals surface area contributed by atoms with Crippen LogP contribution in [0.3, 0.4) is 0 Å². The third-order valence-electron chi connectivity index (χ3n) is 6.31. The van der Waals surface area contributed by atoms with Crippen LogP contribution in [0.5, 0.6) is 0 Å². The second kappa shape index (κ2) is 8.23. The summed E-state index contributed by atoms with van der Waals surface area (Å²) in [6.07, 6.45) is 5.75. The van der Waals surface area contributed by atoms with Crippen molar-refractivity contribution in [1.82, 2.24) is 9.88 Å². The van der Waals surface area contributed by atoms with Crippen LogP contribution in [0.2, 0.25) is 0 Å². The third-order valence-corrected chi connectivity index (χ3v) is 7.70. The van der Waals surface area contributed by atoms with Crippen LogP contribution in [0.25, 0.3) is 0 Å². The molecule has 2 heterocycles. The van der Waals surface area contributed by atoms with E-state index in [0.717, 1.165) is 36.1 Å². The Labute approximate surface area is 195 Å². The third kappa shape index (κ3) is 5.08. The molecule has 0 saturated carbocycles. The first-order valence-corrected chi connectivity index (χ1v) is 12.6. The van der Waals surface area contributed by atoms with Gasteiger partial charge in [0.2, 0.25) is 0 Å². The van der Waals surface area contributed by atoms with Crippen molar-refractivity contribution in [3.05, 3.63) is 29.6 Å². The van der Waals surface area contributed by atoms with Gasteiger partial charge in [-0.2, -0.15) is 4.40 Å². The highest BCUT2D eigenvalue weighted by Gasteiger charge is 2.52. The van der Waals surface area contributed by atoms with Crippen LogP contribution in [0.1, 0.15) is 86.3 Å². The number of pyridine rings is 1. The van der Waals surface area contributed by atoms with Gasteiger partial charge in [0.15, 0.2) is 0 Å². The number of likely N-dealkylation sites (tertiary alicyclic amines) is 1. The number of fused-ring (bicyclic) bond motifs is 1. The summed E-state index contributed by atoms with van der Waals surface area (Å²) >= 11 is 0. The molecule has 1 amide bonds. The Hall–Kier alpha value is -1.76. The topological polar surface area (TPSA) is 71.9 Å². The summed E-state index contributed by atoms with van der Waals surface area (Å²) in [6, 6.07) is 1.97. The molecular weight excluding hydrogens is 422 g/mol. The molecule has 1 spiro atoms. The lowest BCUT2D eigenvalue weighted by Gasteiger charge is -2.50. The number of carbonyl (C=O) groups excluding carboxylic acids is 1. The van der Waals surface area contributed by atoms with Gasteiger partial charge in [-0.1, -0.05) is 20.8 Å². The molecule has 32 heavy (non-hydrogen) atoms. The molecule has 1 saturated heterocycles. The van der Waals surface area contributed by atoms with E-state index >= 15 is 0 Å². The van der Waals surface area contributed by atoms with Crippen LogP contribution in [0, 0.1) is 10.8 Å². The Kier molecular flexibility index (Phi) is 6.39. The summed E-state index contributed by atoms with van der Waals surface area (Å²) in [5.74, 6) is 0. The van der Waals surface area contributed by atoms with Gasteiger partial charge in [0.25, 0.3) is 0 Å². The summed E-state index contributed by atoms with van der Waals surface area (Å²) in [6.45, 7) is 18.6. The SMILES string of the molecule is CC(C)(C)OC(=O)N1CCC2(Cc3cnccc3/C2=N\S(=O)C(C)(C)C)C[C@@H]1C(C)(C)C. The molecule has 1 aromatic heterocycles. The molecule has 1 aliphatic heterocycles. The summed E-state index contributed by atoms with van der Waals surface area (Å²) in [5, 5.41) is 0. The van der Waals surface area contributed by atoms with Crippen molar-refractivity contribution in [2.24, 2.45) is 15.2 Å². The standard InChI is InChI=1S/C25H39N3O3S/c1-22(2,3)19-15-25(11-13-28(19)21(29)31-23(4,5)6)14-17-16-26-12-10-18(17)20(25)27-32(30)24(7,8)9/h10,12,16,19H,11,13-15H2,1-9H3/b27-20+/t19-,25?,32?/m1/s1. The van der Waals surface area contributed by atoms with Gasteiger partial charge in [0.1, 0.15) is 16.6 Å². The van der Waals surface area contributed by atoms with Gasteiger partial charge in [0.05, 0.1) is 10.5 Å². The second-order valence-electron chi connectivity index (χ2n) is 12.3. The molecule has 0 bridgehead atoms. The first kappa shape index (κ1) is 24.9. The van der Waals surface area contributed by atoms with Gasteiger partial charge in [-0.15, -0.1) is 0 Å². The molecule has 7 heteroatoms. The number of amides is 1. The van der Waals surface area contributed by atoms with Gasteiger partial charge in [-0.25, -0.2) is 9.00 Å². The highest BCUT2D eigenvalue weighted by atomic mass is 32.2. The van der Waals surface area contributed by atoms with Crippen LogP contribution in [-0.4, -0.2) is 48.8 Å². The molecular formula is C25H39N3O3S. The Morgan fingerprint density at radius 2 is 1.84 bits per heavy atom. The zero-order chi connectivity index (χ0) is 24.1. The zero-order valence-electron chi connectivity index (χ0n) is 21.1. The highest BCUT2D eigenvalue weighted by Crippen LogP contribution is 2.50. The molecule has 1 aromatic rings. The Balaban J connectivity index is 2.04. The number of ether oxygens (including phenoxy) is 1. The van der Waals surface area contributed by atoms with E-state index in [1.807, 2.05) is 58.7 Å². The highest BCUT2D eigenvalue weighted by molar-refractivity contribution is 7.85. The molecule has 2 unspecified atom stereocenters. The van der Waals surface area contributed by atoms with Crippen molar-refractivity contribution in [2.75, 3.05) is 6.54 Å². The number of aromatic nitrogens is 1. The van der Waals surface area contributed by atoms with E-state index in [1.54, 1.807) is 6.20 Å². The normalized spacial score (nSPS) is 26.3. The van der Waals surface area contributed by atoms with Crippen molar-refractivity contribution in [2.45, 2.75) is 98.0 Å². The van der Waals surface area contributed by atoms with Crippen LogP contribution in [-0.2, 0) is 22.1 Å². The smallest absolute Gasteiger partial charge is 0.410 e. The number of piperidine rings is 1. The van der Waals surface area contributed by atoms with Crippen molar-refractivity contribution < 1.29 is 13.7 Å². The van der Waals surface area contributed by atoms with E-state index in [-0.39, 0.29) is 23.0 Å². The van der Waals surface area contributed by atoms with E-state index in [4.69, 9.17) is 9.13 Å². The maximum atomic E-state index is 13.1. The molecule has 3 rings (SSSR count). The lowest BCUT2D eigenvalue weighted by molar-refractivity contribution is -0.0211. The summed E-state index contributed by atoms with van der Waals surface area (Å²) in [7, 11) is -1.36. The number of carbonyl (C=O) groups is 1. The van der Waals surface area contributed by atoms with Crippen molar-refractivity contribution in [1.29, 1.82) is 0 Å². The van der Waals surface area contributed by atoms with Gasteiger partial charge in [-0.3, -0.25) is 4.98 Å². The Bertz CT molecular complexity index is 937. The van der Waals surface area contributed by atoms with Crippen LogP contribution >= 0.6 is 0 Å². The minimum Gasteiger partial charge on any atom is -0.444 e. The number of rotatable bonds is 1. The van der Waals surface area contributed by atoms with E-state index in [9.17, 15) is 9.00 Å².